The monoisotopic (exact) mass is 295 g/mol. The number of hydrogen-bond acceptors (Lipinski definition) is 6. The van der Waals surface area contributed by atoms with Crippen molar-refractivity contribution >= 4 is 22.3 Å². The molecule has 0 aromatic carbocycles. The summed E-state index contributed by atoms with van der Waals surface area (Å²) in [5.41, 5.74) is 5.61. The van der Waals surface area contributed by atoms with Gasteiger partial charge in [-0.1, -0.05) is 0 Å². The van der Waals surface area contributed by atoms with Crippen molar-refractivity contribution in [3.8, 4) is 11.3 Å². The minimum Gasteiger partial charge on any atom is -0.384 e. The zero-order chi connectivity index (χ0) is 14.9. The molecule has 0 atom stereocenters. The number of rotatable bonds is 4. The van der Waals surface area contributed by atoms with Crippen molar-refractivity contribution in [2.75, 3.05) is 11.1 Å². The maximum Gasteiger partial charge on any atom is 0.329 e. The van der Waals surface area contributed by atoms with Gasteiger partial charge < -0.3 is 11.1 Å². The molecule has 20 heavy (non-hydrogen) atoms. The van der Waals surface area contributed by atoms with E-state index in [1.165, 1.54) is 15.9 Å². The maximum atomic E-state index is 12.0. The fraction of sp³-hybridized carbons (Fsp3) is 0.417. The van der Waals surface area contributed by atoms with Gasteiger partial charge in [-0.15, -0.1) is 11.3 Å². The number of anilines is 2. The minimum absolute atomic E-state index is 0.141. The van der Waals surface area contributed by atoms with Crippen LogP contribution in [-0.4, -0.2) is 20.6 Å². The first-order valence-corrected chi connectivity index (χ1v) is 7.17. The minimum atomic E-state index is -0.515. The van der Waals surface area contributed by atoms with Gasteiger partial charge in [0.25, 0.3) is 5.56 Å². The molecule has 0 aliphatic carbocycles. The van der Waals surface area contributed by atoms with E-state index < -0.39 is 11.2 Å². The van der Waals surface area contributed by atoms with E-state index >= 15 is 0 Å². The highest BCUT2D eigenvalue weighted by Crippen LogP contribution is 2.25. The summed E-state index contributed by atoms with van der Waals surface area (Å²) >= 11 is 1.39. The molecule has 0 spiro atoms. The summed E-state index contributed by atoms with van der Waals surface area (Å²) in [4.78, 5) is 30.2. The predicted molar refractivity (Wildman–Crippen MR) is 81.3 cm³/mol. The molecule has 2 rings (SSSR count). The first kappa shape index (κ1) is 14.3. The Bertz CT molecular complexity index is 728. The predicted octanol–water partition coefficient (Wildman–Crippen LogP) is 1.08. The summed E-state index contributed by atoms with van der Waals surface area (Å²) in [7, 11) is 0. The van der Waals surface area contributed by atoms with Gasteiger partial charge in [-0.05, 0) is 20.8 Å². The van der Waals surface area contributed by atoms with Gasteiger partial charge in [-0.2, -0.15) is 0 Å². The van der Waals surface area contributed by atoms with Gasteiger partial charge >= 0.3 is 5.69 Å². The third-order valence-corrected chi connectivity index (χ3v) is 3.50. The molecule has 2 heterocycles. The lowest BCUT2D eigenvalue weighted by Crippen LogP contribution is -2.32. The third-order valence-electron chi connectivity index (χ3n) is 2.73. The summed E-state index contributed by atoms with van der Waals surface area (Å²) in [6, 6.07) is 0.245. The third kappa shape index (κ3) is 2.60. The highest BCUT2D eigenvalue weighted by molar-refractivity contribution is 7.14. The molecule has 0 fully saturated rings. The molecule has 2 aromatic rings. The topological polar surface area (TPSA) is 106 Å². The smallest absolute Gasteiger partial charge is 0.329 e. The number of nitrogen functional groups attached to an aromatic ring is 1. The van der Waals surface area contributed by atoms with Gasteiger partial charge in [0.15, 0.2) is 5.13 Å². The standard InChI is InChI=1S/C12H17N5O2S/c1-4-17-9(13)8(10(18)16-12(17)19)7-5-20-11(15-7)14-6(2)3/h5-6H,4,13H2,1-3H3,(H,14,15)(H,16,18,19). The van der Waals surface area contributed by atoms with Crippen molar-refractivity contribution in [2.45, 2.75) is 33.4 Å². The zero-order valence-corrected chi connectivity index (χ0v) is 12.4. The molecule has 108 valence electrons. The van der Waals surface area contributed by atoms with Crippen LogP contribution in [0.15, 0.2) is 15.0 Å². The quantitative estimate of drug-likeness (QED) is 0.782. The fourth-order valence-electron chi connectivity index (χ4n) is 1.85. The second kappa shape index (κ2) is 5.49. The number of hydrogen-bond donors (Lipinski definition) is 3. The Morgan fingerprint density at radius 3 is 2.80 bits per heavy atom. The molecule has 0 amide bonds. The number of H-pyrrole nitrogens is 1. The lowest BCUT2D eigenvalue weighted by molar-refractivity contribution is 0.706. The van der Waals surface area contributed by atoms with Crippen LogP contribution in [0.25, 0.3) is 11.3 Å². The van der Waals surface area contributed by atoms with Gasteiger partial charge in [0.05, 0.1) is 5.69 Å². The molecule has 4 N–H and O–H groups in total. The van der Waals surface area contributed by atoms with Gasteiger partial charge in [0.2, 0.25) is 0 Å². The first-order chi connectivity index (χ1) is 9.43. The Labute approximate surface area is 119 Å². The summed E-state index contributed by atoms with van der Waals surface area (Å²) in [6.07, 6.45) is 0. The molecule has 0 aliphatic heterocycles. The molecule has 7 nitrogen and oxygen atoms in total. The van der Waals surface area contributed by atoms with E-state index in [9.17, 15) is 9.59 Å². The lowest BCUT2D eigenvalue weighted by Gasteiger charge is -2.09. The Kier molecular flexibility index (Phi) is 3.93. The molecular weight excluding hydrogens is 278 g/mol. The van der Waals surface area contributed by atoms with Crippen LogP contribution in [0.3, 0.4) is 0 Å². The van der Waals surface area contributed by atoms with Crippen molar-refractivity contribution in [1.29, 1.82) is 0 Å². The molecule has 0 aliphatic rings. The van der Waals surface area contributed by atoms with Gasteiger partial charge in [-0.3, -0.25) is 14.3 Å². The van der Waals surface area contributed by atoms with Crippen molar-refractivity contribution < 1.29 is 0 Å². The summed E-state index contributed by atoms with van der Waals surface area (Å²) in [5, 5.41) is 5.62. The van der Waals surface area contributed by atoms with E-state index in [1.54, 1.807) is 12.3 Å². The lowest BCUT2D eigenvalue weighted by atomic mass is 10.2. The number of aromatic amines is 1. The van der Waals surface area contributed by atoms with E-state index in [0.717, 1.165) is 0 Å². The van der Waals surface area contributed by atoms with Crippen molar-refractivity contribution in [2.24, 2.45) is 0 Å². The Morgan fingerprint density at radius 1 is 1.50 bits per heavy atom. The molecule has 2 aromatic heterocycles. The SMILES string of the molecule is CCn1c(N)c(-c2csc(NC(C)C)n2)c(=O)[nH]c1=O. The van der Waals surface area contributed by atoms with Crippen LogP contribution in [0.1, 0.15) is 20.8 Å². The largest absolute Gasteiger partial charge is 0.384 e. The second-order valence-electron chi connectivity index (χ2n) is 4.60. The average molecular weight is 295 g/mol. The van der Waals surface area contributed by atoms with Gasteiger partial charge in [0.1, 0.15) is 11.4 Å². The second-order valence-corrected chi connectivity index (χ2v) is 5.46. The van der Waals surface area contributed by atoms with Crippen LogP contribution in [0, 0.1) is 0 Å². The summed E-state index contributed by atoms with van der Waals surface area (Å²) in [6.45, 7) is 6.17. The molecule has 0 saturated carbocycles. The number of aromatic nitrogens is 3. The van der Waals surface area contributed by atoms with Crippen LogP contribution in [0.4, 0.5) is 10.9 Å². The Morgan fingerprint density at radius 2 is 2.20 bits per heavy atom. The summed E-state index contributed by atoms with van der Waals surface area (Å²) < 4.78 is 1.31. The molecule has 0 radical (unpaired) electrons. The van der Waals surface area contributed by atoms with Crippen LogP contribution < -0.4 is 22.3 Å². The first-order valence-electron chi connectivity index (χ1n) is 6.29. The molecular formula is C12H17N5O2S. The van der Waals surface area contributed by atoms with E-state index in [-0.39, 0.29) is 17.4 Å². The molecule has 8 heteroatoms. The number of nitrogens with two attached hydrogens (primary N) is 1. The highest BCUT2D eigenvalue weighted by Gasteiger charge is 2.16. The Hall–Kier alpha value is -2.09. The van der Waals surface area contributed by atoms with E-state index in [0.29, 0.717) is 17.4 Å². The maximum absolute atomic E-state index is 12.0. The van der Waals surface area contributed by atoms with Crippen LogP contribution in [0.2, 0.25) is 0 Å². The zero-order valence-electron chi connectivity index (χ0n) is 11.6. The normalized spacial score (nSPS) is 11.0. The van der Waals surface area contributed by atoms with E-state index in [4.69, 9.17) is 5.73 Å². The van der Waals surface area contributed by atoms with Crippen LogP contribution >= 0.6 is 11.3 Å². The van der Waals surface area contributed by atoms with Crippen molar-refractivity contribution in [1.82, 2.24) is 14.5 Å². The number of nitrogens with zero attached hydrogens (tertiary/aromatic N) is 2. The van der Waals surface area contributed by atoms with Crippen molar-refractivity contribution in [3.05, 3.63) is 26.2 Å². The Balaban J connectivity index is 2.55. The van der Waals surface area contributed by atoms with Gasteiger partial charge in [-0.25, -0.2) is 9.78 Å². The number of nitrogens with one attached hydrogen (secondary N) is 2. The van der Waals surface area contributed by atoms with Crippen LogP contribution in [0.5, 0.6) is 0 Å². The molecule has 0 saturated heterocycles. The van der Waals surface area contributed by atoms with Gasteiger partial charge in [0, 0.05) is 18.0 Å². The van der Waals surface area contributed by atoms with Crippen LogP contribution in [-0.2, 0) is 6.54 Å². The fourth-order valence-corrected chi connectivity index (χ4v) is 2.70. The highest BCUT2D eigenvalue weighted by atomic mass is 32.1. The number of thiazole rings is 1. The summed E-state index contributed by atoms with van der Waals surface area (Å²) in [5.74, 6) is 0.141. The molecule has 0 unspecified atom stereocenters. The van der Waals surface area contributed by atoms with E-state index in [2.05, 4.69) is 15.3 Å². The van der Waals surface area contributed by atoms with E-state index in [1.807, 2.05) is 13.8 Å². The molecule has 0 bridgehead atoms. The average Bonchev–Trinajstić information content (AvgIpc) is 2.76. The van der Waals surface area contributed by atoms with Crippen molar-refractivity contribution in [3.63, 3.8) is 0 Å².